The molecule has 0 saturated carbocycles. The van der Waals surface area contributed by atoms with E-state index in [2.05, 4.69) is 156 Å². The summed E-state index contributed by atoms with van der Waals surface area (Å²) in [7, 11) is 0. The Balaban J connectivity index is 1.17. The maximum absolute atomic E-state index is 6.18. The molecule has 0 atom stereocenters. The van der Waals surface area contributed by atoms with E-state index in [0.717, 1.165) is 50.0 Å². The summed E-state index contributed by atoms with van der Waals surface area (Å²) in [5, 5.41) is 7.19. The maximum Gasteiger partial charge on any atom is 0.145 e. The van der Waals surface area contributed by atoms with E-state index in [9.17, 15) is 0 Å². The highest BCUT2D eigenvalue weighted by Crippen LogP contribution is 2.45. The summed E-state index contributed by atoms with van der Waals surface area (Å²) in [6, 6.07) is 60.3. The highest BCUT2D eigenvalue weighted by atomic mass is 16.3. The lowest BCUT2D eigenvalue weighted by Gasteiger charge is -2.18. The van der Waals surface area contributed by atoms with E-state index >= 15 is 0 Å². The van der Waals surface area contributed by atoms with Crippen molar-refractivity contribution in [2.75, 3.05) is 0 Å². The second kappa shape index (κ2) is 10.5. The summed E-state index contributed by atoms with van der Waals surface area (Å²) in [6.45, 7) is 0. The molecule has 0 N–H and O–H groups in total. The zero-order valence-electron chi connectivity index (χ0n) is 26.0. The molecular weight excluding hydrogens is 585 g/mol. The molecule has 10 rings (SSSR count). The highest BCUT2D eigenvalue weighted by Gasteiger charge is 2.19. The molecule has 2 aromatic heterocycles. The van der Waals surface area contributed by atoms with Gasteiger partial charge in [0.2, 0.25) is 0 Å². The quantitative estimate of drug-likeness (QED) is 0.185. The van der Waals surface area contributed by atoms with Crippen LogP contribution in [0.2, 0.25) is 0 Å². The van der Waals surface area contributed by atoms with Crippen molar-refractivity contribution in [3.63, 3.8) is 0 Å². The highest BCUT2D eigenvalue weighted by molar-refractivity contribution is 6.22. The fraction of sp³-hybridized carbons (Fsp3) is 0. The third-order valence-electron chi connectivity index (χ3n) is 9.60. The summed E-state index contributed by atoms with van der Waals surface area (Å²) in [5.41, 5.74) is 10.9. The largest absolute Gasteiger partial charge is 0.456 e. The molecule has 2 heterocycles. The summed E-state index contributed by atoms with van der Waals surface area (Å²) < 4.78 is 8.43. The summed E-state index contributed by atoms with van der Waals surface area (Å²) in [5.74, 6) is 0.932. The van der Waals surface area contributed by atoms with Crippen molar-refractivity contribution in [1.29, 1.82) is 0 Å². The number of para-hydroxylation sites is 4. The molecule has 0 aliphatic carbocycles. The minimum atomic E-state index is 0.908. The van der Waals surface area contributed by atoms with Crippen molar-refractivity contribution in [2.45, 2.75) is 0 Å². The van der Waals surface area contributed by atoms with Crippen molar-refractivity contribution in [1.82, 2.24) is 9.55 Å². The van der Waals surface area contributed by atoms with Gasteiger partial charge in [0, 0.05) is 22.0 Å². The van der Waals surface area contributed by atoms with Crippen LogP contribution >= 0.6 is 0 Å². The van der Waals surface area contributed by atoms with E-state index in [1.165, 1.54) is 43.8 Å². The third kappa shape index (κ3) is 4.04. The van der Waals surface area contributed by atoms with Crippen LogP contribution in [0.3, 0.4) is 0 Å². The molecule has 48 heavy (non-hydrogen) atoms. The van der Waals surface area contributed by atoms with Crippen LogP contribution in [0.25, 0.3) is 93.8 Å². The van der Waals surface area contributed by atoms with Crippen molar-refractivity contribution in [2.24, 2.45) is 0 Å². The van der Waals surface area contributed by atoms with Crippen molar-refractivity contribution < 1.29 is 4.42 Å². The predicted octanol–water partition coefficient (Wildman–Crippen LogP) is 12.2. The van der Waals surface area contributed by atoms with Crippen molar-refractivity contribution >= 4 is 54.5 Å². The van der Waals surface area contributed by atoms with E-state index in [0.29, 0.717) is 0 Å². The third-order valence-corrected chi connectivity index (χ3v) is 9.60. The van der Waals surface area contributed by atoms with Crippen LogP contribution in [-0.4, -0.2) is 9.55 Å². The molecule has 10 aromatic rings. The van der Waals surface area contributed by atoms with Gasteiger partial charge in [0.05, 0.1) is 11.0 Å². The van der Waals surface area contributed by atoms with Gasteiger partial charge in [0.15, 0.2) is 0 Å². The Labute approximate surface area is 277 Å². The van der Waals surface area contributed by atoms with Crippen LogP contribution in [0.5, 0.6) is 0 Å². The van der Waals surface area contributed by atoms with E-state index < -0.39 is 0 Å². The van der Waals surface area contributed by atoms with E-state index in [-0.39, 0.29) is 0 Å². The summed E-state index contributed by atoms with van der Waals surface area (Å²) in [6.07, 6.45) is 0. The Morgan fingerprint density at radius 1 is 0.396 bits per heavy atom. The number of nitrogens with zero attached hydrogens (tertiary/aromatic N) is 2. The summed E-state index contributed by atoms with van der Waals surface area (Å²) in [4.78, 5) is 5.10. The van der Waals surface area contributed by atoms with Gasteiger partial charge in [0.25, 0.3) is 0 Å². The second-order valence-corrected chi connectivity index (χ2v) is 12.3. The van der Waals surface area contributed by atoms with Crippen LogP contribution in [0.1, 0.15) is 0 Å². The Morgan fingerprint density at radius 2 is 0.917 bits per heavy atom. The monoisotopic (exact) mass is 612 g/mol. The maximum atomic E-state index is 6.18. The van der Waals surface area contributed by atoms with Crippen LogP contribution in [-0.2, 0) is 0 Å². The Bertz CT molecular complexity index is 2770. The molecule has 0 spiro atoms. The first-order valence-electron chi connectivity index (χ1n) is 16.3. The molecule has 0 fully saturated rings. The number of imidazole rings is 1. The normalized spacial score (nSPS) is 11.8. The first-order valence-corrected chi connectivity index (χ1v) is 16.3. The molecule has 0 bridgehead atoms. The molecular formula is C45H28N2O. The average molecular weight is 613 g/mol. The number of aromatic nitrogens is 2. The number of hydrogen-bond acceptors (Lipinski definition) is 2. The van der Waals surface area contributed by atoms with E-state index in [1.54, 1.807) is 0 Å². The fourth-order valence-corrected chi connectivity index (χ4v) is 7.48. The number of fused-ring (bicyclic) bond motifs is 6. The molecule has 0 unspecified atom stereocenters. The van der Waals surface area contributed by atoms with Crippen LogP contribution < -0.4 is 0 Å². The topological polar surface area (TPSA) is 31.0 Å². The van der Waals surface area contributed by atoms with Gasteiger partial charge in [-0.05, 0) is 86.3 Å². The Morgan fingerprint density at radius 3 is 1.62 bits per heavy atom. The van der Waals surface area contributed by atoms with Crippen LogP contribution in [0.4, 0.5) is 0 Å². The van der Waals surface area contributed by atoms with Gasteiger partial charge < -0.3 is 4.42 Å². The van der Waals surface area contributed by atoms with Gasteiger partial charge in [0.1, 0.15) is 17.0 Å². The van der Waals surface area contributed by atoms with Gasteiger partial charge in [-0.3, -0.25) is 4.57 Å². The number of furan rings is 1. The molecule has 0 radical (unpaired) electrons. The lowest BCUT2D eigenvalue weighted by atomic mass is 9.85. The van der Waals surface area contributed by atoms with Gasteiger partial charge in [-0.25, -0.2) is 4.98 Å². The van der Waals surface area contributed by atoms with Crippen molar-refractivity contribution in [3.05, 3.63) is 170 Å². The number of benzene rings is 8. The Kier molecular flexibility index (Phi) is 5.87. The van der Waals surface area contributed by atoms with Crippen molar-refractivity contribution in [3.8, 4) is 39.3 Å². The summed E-state index contributed by atoms with van der Waals surface area (Å²) >= 11 is 0. The van der Waals surface area contributed by atoms with Crippen LogP contribution in [0, 0.1) is 0 Å². The molecule has 3 heteroatoms. The van der Waals surface area contributed by atoms with Gasteiger partial charge in [-0.1, -0.05) is 127 Å². The molecule has 224 valence electrons. The first kappa shape index (κ1) is 26.7. The smallest absolute Gasteiger partial charge is 0.145 e. The lowest BCUT2D eigenvalue weighted by Crippen LogP contribution is -1.97. The predicted molar refractivity (Wildman–Crippen MR) is 200 cm³/mol. The molecule has 0 amide bonds. The molecule has 0 saturated heterocycles. The Hall–Kier alpha value is -6.45. The minimum absolute atomic E-state index is 0.908. The molecule has 3 nitrogen and oxygen atoms in total. The number of hydrogen-bond donors (Lipinski definition) is 0. The van der Waals surface area contributed by atoms with Gasteiger partial charge in [-0.15, -0.1) is 0 Å². The SMILES string of the molecule is c1ccc(-n2c(-c3ccc(-c4c5ccccc5c(-c5ccc6oc7ccccc7c6c5)c5ccccc45)cc3)nc3ccccc32)cc1. The minimum Gasteiger partial charge on any atom is -0.456 e. The average Bonchev–Trinajstić information content (AvgIpc) is 3.73. The molecule has 0 aliphatic rings. The van der Waals surface area contributed by atoms with E-state index in [1.807, 2.05) is 18.2 Å². The fourth-order valence-electron chi connectivity index (χ4n) is 7.48. The lowest BCUT2D eigenvalue weighted by molar-refractivity contribution is 0.669. The molecule has 0 aliphatic heterocycles. The van der Waals surface area contributed by atoms with Gasteiger partial charge in [-0.2, -0.15) is 0 Å². The first-order chi connectivity index (χ1) is 23.8. The van der Waals surface area contributed by atoms with E-state index in [4.69, 9.17) is 9.40 Å². The standard InChI is InChI=1S/C45H28N2O/c1-2-12-32(13-3-1)47-40-20-10-9-19-39(40)46-45(47)30-24-22-29(23-25-30)43-34-15-4-6-17-36(34)44(37-18-7-5-16-35(37)43)31-26-27-42-38(28-31)33-14-8-11-21-41(33)48-42/h1-28H. The van der Waals surface area contributed by atoms with Gasteiger partial charge >= 0.3 is 0 Å². The van der Waals surface area contributed by atoms with Crippen LogP contribution in [0.15, 0.2) is 174 Å². The molecule has 8 aromatic carbocycles. The zero-order valence-corrected chi connectivity index (χ0v) is 26.0. The second-order valence-electron chi connectivity index (χ2n) is 12.3. The zero-order chi connectivity index (χ0) is 31.6. The number of rotatable bonds is 4.